The van der Waals surface area contributed by atoms with Gasteiger partial charge in [-0.2, -0.15) is 13.2 Å². The number of hydrogen-bond donors (Lipinski definition) is 2. The van der Waals surface area contributed by atoms with Crippen molar-refractivity contribution in [2.24, 2.45) is 0 Å². The Morgan fingerprint density at radius 2 is 1.71 bits per heavy atom. The van der Waals surface area contributed by atoms with E-state index in [9.17, 15) is 22.4 Å². The maximum atomic E-state index is 14.1. The van der Waals surface area contributed by atoms with Gasteiger partial charge in [0.05, 0.1) is 22.5 Å². The number of carbonyl (C=O) groups excluding carboxylic acids is 1. The molecule has 2 aromatic carbocycles. The molecular weight excluding hydrogens is 448 g/mol. The summed E-state index contributed by atoms with van der Waals surface area (Å²) in [5.74, 6) is -0.927. The topological polar surface area (TPSA) is 47.6 Å². The molecule has 2 aromatic rings. The number of amides is 1. The minimum Gasteiger partial charge on any atom is -0.358 e. The number of dihydropyridines is 1. The van der Waals surface area contributed by atoms with E-state index in [4.69, 9.17) is 0 Å². The van der Waals surface area contributed by atoms with Crippen LogP contribution in [0.5, 0.6) is 0 Å². The second kappa shape index (κ2) is 8.32. The van der Waals surface area contributed by atoms with Crippen LogP contribution in [0.3, 0.4) is 0 Å². The third-order valence-corrected chi connectivity index (χ3v) is 6.18. The molecule has 3 heterocycles. The van der Waals surface area contributed by atoms with Crippen LogP contribution in [0.4, 0.5) is 28.9 Å². The van der Waals surface area contributed by atoms with Gasteiger partial charge in [0, 0.05) is 30.0 Å². The van der Waals surface area contributed by atoms with Crippen molar-refractivity contribution in [3.05, 3.63) is 94.7 Å². The summed E-state index contributed by atoms with van der Waals surface area (Å²) in [5.41, 5.74) is 2.72. The first-order valence-corrected chi connectivity index (χ1v) is 10.9. The van der Waals surface area contributed by atoms with Crippen molar-refractivity contribution >= 4 is 17.3 Å². The lowest BCUT2D eigenvalue weighted by Gasteiger charge is -2.41. The third kappa shape index (κ3) is 3.96. The molecule has 0 saturated heterocycles. The first-order chi connectivity index (χ1) is 16.2. The van der Waals surface area contributed by atoms with Gasteiger partial charge in [0.1, 0.15) is 12.5 Å². The van der Waals surface area contributed by atoms with E-state index in [-0.39, 0.29) is 12.2 Å². The van der Waals surface area contributed by atoms with E-state index in [2.05, 4.69) is 17.2 Å². The standard InChI is InChI=1S/C25H22F4N4O/c1-15-2-5-23-20(31-15)9-11-30-10-8-16-12-18(26)4-7-21(16)32-14-33(23)24(34)19-13-17(25(27,28)29)3-6-22(19)32/h2-7,12-13,30-31H,1,8-11,14H2. The zero-order valence-electron chi connectivity index (χ0n) is 18.2. The predicted octanol–water partition coefficient (Wildman–Crippen LogP) is 4.82. The Bertz CT molecular complexity index is 1250. The molecule has 2 bridgehead atoms. The van der Waals surface area contributed by atoms with Crippen molar-refractivity contribution in [1.82, 2.24) is 15.5 Å². The maximum Gasteiger partial charge on any atom is 0.416 e. The van der Waals surface area contributed by atoms with Crippen molar-refractivity contribution in [3.8, 4) is 0 Å². The monoisotopic (exact) mass is 470 g/mol. The van der Waals surface area contributed by atoms with Gasteiger partial charge < -0.3 is 15.5 Å². The lowest BCUT2D eigenvalue weighted by Crippen LogP contribution is -2.46. The van der Waals surface area contributed by atoms with E-state index in [1.807, 2.05) is 0 Å². The van der Waals surface area contributed by atoms with Crippen LogP contribution in [0.2, 0.25) is 0 Å². The fourth-order valence-corrected chi connectivity index (χ4v) is 4.54. The molecule has 34 heavy (non-hydrogen) atoms. The average Bonchev–Trinajstić information content (AvgIpc) is 2.79. The first kappa shape index (κ1) is 22.2. The van der Waals surface area contributed by atoms with Gasteiger partial charge in [-0.3, -0.25) is 9.69 Å². The van der Waals surface area contributed by atoms with Crippen LogP contribution in [0.15, 0.2) is 72.2 Å². The lowest BCUT2D eigenvalue weighted by atomic mass is 10.00. The molecule has 3 aliphatic rings. The van der Waals surface area contributed by atoms with Crippen molar-refractivity contribution in [2.45, 2.75) is 19.0 Å². The number of hydrogen-bond acceptors (Lipinski definition) is 4. The maximum absolute atomic E-state index is 14.1. The zero-order chi connectivity index (χ0) is 24.0. The minimum atomic E-state index is -4.59. The normalized spacial score (nSPS) is 18.5. The lowest BCUT2D eigenvalue weighted by molar-refractivity contribution is -0.137. The fraction of sp³-hybridized carbons (Fsp3) is 0.240. The highest BCUT2D eigenvalue weighted by molar-refractivity contribution is 6.04. The number of rotatable bonds is 0. The van der Waals surface area contributed by atoms with Crippen molar-refractivity contribution < 1.29 is 22.4 Å². The number of carbonyl (C=O) groups is 1. The Morgan fingerprint density at radius 3 is 2.50 bits per heavy atom. The SMILES string of the molecule is C=C1C=CC2=C(CCNCCc3cc(F)ccc3N3CN2C(=O)c2cc(C(F)(F)F)ccc23)N1. The Balaban J connectivity index is 1.73. The summed E-state index contributed by atoms with van der Waals surface area (Å²) in [4.78, 5) is 16.8. The molecule has 0 radical (unpaired) electrons. The molecule has 3 aliphatic heterocycles. The van der Waals surface area contributed by atoms with Crippen LogP contribution in [0.1, 0.15) is 27.9 Å². The Morgan fingerprint density at radius 1 is 0.941 bits per heavy atom. The van der Waals surface area contributed by atoms with Gasteiger partial charge >= 0.3 is 6.18 Å². The molecular formula is C25H22F4N4O. The summed E-state index contributed by atoms with van der Waals surface area (Å²) in [6.07, 6.45) is -0.0568. The largest absolute Gasteiger partial charge is 0.416 e. The summed E-state index contributed by atoms with van der Waals surface area (Å²) >= 11 is 0. The molecule has 5 nitrogen and oxygen atoms in total. The fourth-order valence-electron chi connectivity index (χ4n) is 4.54. The second-order valence-corrected chi connectivity index (χ2v) is 8.40. The van der Waals surface area contributed by atoms with E-state index in [1.54, 1.807) is 23.1 Å². The van der Waals surface area contributed by atoms with Crippen LogP contribution in [0.25, 0.3) is 0 Å². The molecule has 9 heteroatoms. The average molecular weight is 470 g/mol. The summed E-state index contributed by atoms with van der Waals surface area (Å²) in [5, 5.41) is 6.53. The van der Waals surface area contributed by atoms with E-state index in [1.165, 1.54) is 23.1 Å². The number of anilines is 2. The Kier molecular flexibility index (Phi) is 5.44. The second-order valence-electron chi connectivity index (χ2n) is 8.40. The summed E-state index contributed by atoms with van der Waals surface area (Å²) < 4.78 is 54.6. The van der Waals surface area contributed by atoms with Crippen molar-refractivity contribution in [3.63, 3.8) is 0 Å². The number of allylic oxidation sites excluding steroid dienone is 2. The van der Waals surface area contributed by atoms with Gasteiger partial charge in [-0.15, -0.1) is 0 Å². The zero-order valence-corrected chi connectivity index (χ0v) is 18.2. The minimum absolute atomic E-state index is 0.0591. The summed E-state index contributed by atoms with van der Waals surface area (Å²) in [7, 11) is 0. The van der Waals surface area contributed by atoms with Crippen LogP contribution < -0.4 is 15.5 Å². The van der Waals surface area contributed by atoms with Gasteiger partial charge in [-0.1, -0.05) is 6.58 Å². The van der Waals surface area contributed by atoms with Gasteiger partial charge in [-0.25, -0.2) is 4.39 Å². The molecule has 2 N–H and O–H groups in total. The molecule has 0 aromatic heterocycles. The molecule has 0 atom stereocenters. The van der Waals surface area contributed by atoms with Crippen molar-refractivity contribution in [1.29, 1.82) is 0 Å². The summed E-state index contributed by atoms with van der Waals surface area (Å²) in [6.45, 7) is 5.17. The van der Waals surface area contributed by atoms with Gasteiger partial charge in [-0.05, 0) is 67.1 Å². The number of alkyl halides is 3. The van der Waals surface area contributed by atoms with E-state index in [0.717, 1.165) is 17.8 Å². The number of benzene rings is 2. The molecule has 1 amide bonds. The predicted molar refractivity (Wildman–Crippen MR) is 121 cm³/mol. The molecule has 0 spiro atoms. The van der Waals surface area contributed by atoms with E-state index < -0.39 is 23.5 Å². The molecule has 0 unspecified atom stereocenters. The highest BCUT2D eigenvalue weighted by atomic mass is 19.4. The smallest absolute Gasteiger partial charge is 0.358 e. The number of fused-ring (bicyclic) bond motifs is 7. The highest BCUT2D eigenvalue weighted by Crippen LogP contribution is 2.41. The van der Waals surface area contributed by atoms with Gasteiger partial charge in [0.15, 0.2) is 0 Å². The third-order valence-electron chi connectivity index (χ3n) is 6.18. The number of nitrogens with zero attached hydrogens (tertiary/aromatic N) is 2. The van der Waals surface area contributed by atoms with Gasteiger partial charge in [0.2, 0.25) is 0 Å². The Hall–Kier alpha value is -3.59. The van der Waals surface area contributed by atoms with Crippen LogP contribution in [0, 0.1) is 5.82 Å². The molecule has 0 fully saturated rings. The quantitative estimate of drug-likeness (QED) is 0.543. The van der Waals surface area contributed by atoms with E-state index in [0.29, 0.717) is 54.3 Å². The molecule has 0 saturated carbocycles. The van der Waals surface area contributed by atoms with Crippen LogP contribution in [-0.2, 0) is 12.6 Å². The molecule has 0 aliphatic carbocycles. The number of halogens is 4. The van der Waals surface area contributed by atoms with Crippen LogP contribution >= 0.6 is 0 Å². The first-order valence-electron chi connectivity index (χ1n) is 10.9. The van der Waals surface area contributed by atoms with Crippen LogP contribution in [-0.4, -0.2) is 30.6 Å². The Labute approximate surface area is 194 Å². The number of nitrogens with one attached hydrogen (secondary N) is 2. The van der Waals surface area contributed by atoms with E-state index >= 15 is 0 Å². The summed E-state index contributed by atoms with van der Waals surface area (Å²) in [6, 6.07) is 7.55. The molecule has 176 valence electrons. The molecule has 5 rings (SSSR count). The van der Waals surface area contributed by atoms with Gasteiger partial charge in [0.25, 0.3) is 5.91 Å². The van der Waals surface area contributed by atoms with Crippen molar-refractivity contribution in [2.75, 3.05) is 24.7 Å². The highest BCUT2D eigenvalue weighted by Gasteiger charge is 2.38.